The second-order valence-electron chi connectivity index (χ2n) is 3.84. The molecule has 0 heterocycles. The zero-order valence-corrected chi connectivity index (χ0v) is 11.1. The van der Waals surface area contributed by atoms with E-state index in [1.54, 1.807) is 30.3 Å². The van der Waals surface area contributed by atoms with Crippen molar-refractivity contribution in [2.75, 3.05) is 0 Å². The number of halogens is 2. The molecule has 0 unspecified atom stereocenters. The van der Waals surface area contributed by atoms with Gasteiger partial charge >= 0.3 is 0 Å². The van der Waals surface area contributed by atoms with Crippen LogP contribution in [0, 0.1) is 6.92 Å². The zero-order chi connectivity index (χ0) is 13.1. The molecular formula is C14H10Cl2O2. The van der Waals surface area contributed by atoms with Gasteiger partial charge in [-0.3, -0.25) is 4.79 Å². The second kappa shape index (κ2) is 5.42. The summed E-state index contributed by atoms with van der Waals surface area (Å²) in [6.07, 6.45) is 0.698. The third kappa shape index (κ3) is 2.84. The maximum absolute atomic E-state index is 10.9. The SMILES string of the molecule is Cc1ccc(Oc2ccc(Cl)cc2C=O)c(Cl)c1. The minimum absolute atomic E-state index is 0.388. The number of aldehydes is 1. The van der Waals surface area contributed by atoms with Crippen LogP contribution in [0.3, 0.4) is 0 Å². The van der Waals surface area contributed by atoms with Crippen molar-refractivity contribution < 1.29 is 9.53 Å². The van der Waals surface area contributed by atoms with E-state index in [2.05, 4.69) is 0 Å². The quantitative estimate of drug-likeness (QED) is 0.747. The first kappa shape index (κ1) is 12.9. The van der Waals surface area contributed by atoms with Gasteiger partial charge in [-0.05, 0) is 42.8 Å². The van der Waals surface area contributed by atoms with Crippen LogP contribution in [0.1, 0.15) is 15.9 Å². The van der Waals surface area contributed by atoms with Gasteiger partial charge in [0.05, 0.1) is 10.6 Å². The van der Waals surface area contributed by atoms with E-state index in [-0.39, 0.29) is 0 Å². The molecule has 2 nitrogen and oxygen atoms in total. The molecule has 0 saturated heterocycles. The number of benzene rings is 2. The molecule has 18 heavy (non-hydrogen) atoms. The van der Waals surface area contributed by atoms with Gasteiger partial charge in [0.2, 0.25) is 0 Å². The molecule has 0 aliphatic carbocycles. The number of carbonyl (C=O) groups is 1. The predicted octanol–water partition coefficient (Wildman–Crippen LogP) is 4.91. The molecule has 0 aliphatic heterocycles. The Morgan fingerprint density at radius 1 is 1.06 bits per heavy atom. The summed E-state index contributed by atoms with van der Waals surface area (Å²) in [5.41, 5.74) is 1.43. The Labute approximate surface area is 115 Å². The van der Waals surface area contributed by atoms with Crippen LogP contribution in [0.25, 0.3) is 0 Å². The molecule has 0 amide bonds. The summed E-state index contributed by atoms with van der Waals surface area (Å²) >= 11 is 11.9. The smallest absolute Gasteiger partial charge is 0.153 e. The minimum Gasteiger partial charge on any atom is -0.455 e. The molecule has 0 atom stereocenters. The largest absolute Gasteiger partial charge is 0.455 e. The summed E-state index contributed by atoms with van der Waals surface area (Å²) in [6, 6.07) is 10.3. The first-order chi connectivity index (χ1) is 8.60. The molecule has 92 valence electrons. The topological polar surface area (TPSA) is 26.3 Å². The average molecular weight is 281 g/mol. The monoisotopic (exact) mass is 280 g/mol. The summed E-state index contributed by atoms with van der Waals surface area (Å²) in [7, 11) is 0. The molecule has 2 aromatic rings. The van der Waals surface area contributed by atoms with Gasteiger partial charge < -0.3 is 4.74 Å². The lowest BCUT2D eigenvalue weighted by molar-refractivity contribution is 0.112. The van der Waals surface area contributed by atoms with Gasteiger partial charge in [-0.2, -0.15) is 0 Å². The van der Waals surface area contributed by atoms with E-state index in [0.717, 1.165) is 5.56 Å². The Hall–Kier alpha value is -1.51. The van der Waals surface area contributed by atoms with Crippen molar-refractivity contribution in [2.45, 2.75) is 6.92 Å². The van der Waals surface area contributed by atoms with Crippen molar-refractivity contribution in [3.8, 4) is 11.5 Å². The van der Waals surface area contributed by atoms with Crippen molar-refractivity contribution >= 4 is 29.5 Å². The van der Waals surface area contributed by atoms with E-state index in [4.69, 9.17) is 27.9 Å². The van der Waals surface area contributed by atoms with Crippen LogP contribution in [0.4, 0.5) is 0 Å². The molecular weight excluding hydrogens is 271 g/mol. The lowest BCUT2D eigenvalue weighted by Crippen LogP contribution is -1.91. The van der Waals surface area contributed by atoms with E-state index in [9.17, 15) is 4.79 Å². The summed E-state index contributed by atoms with van der Waals surface area (Å²) in [4.78, 5) is 10.9. The third-order valence-electron chi connectivity index (χ3n) is 2.41. The van der Waals surface area contributed by atoms with Gasteiger partial charge in [0.1, 0.15) is 11.5 Å². The van der Waals surface area contributed by atoms with Crippen molar-refractivity contribution in [3.05, 3.63) is 57.6 Å². The number of aryl methyl sites for hydroxylation is 1. The minimum atomic E-state index is 0.388. The van der Waals surface area contributed by atoms with Crippen LogP contribution in [0.5, 0.6) is 11.5 Å². The van der Waals surface area contributed by atoms with Gasteiger partial charge in [0, 0.05) is 5.02 Å². The maximum Gasteiger partial charge on any atom is 0.153 e. The zero-order valence-electron chi connectivity index (χ0n) is 9.61. The van der Waals surface area contributed by atoms with Crippen LogP contribution >= 0.6 is 23.2 Å². The number of rotatable bonds is 3. The van der Waals surface area contributed by atoms with Gasteiger partial charge in [-0.25, -0.2) is 0 Å². The molecule has 0 fully saturated rings. The fourth-order valence-corrected chi connectivity index (χ4v) is 1.97. The lowest BCUT2D eigenvalue weighted by atomic mass is 10.2. The summed E-state index contributed by atoms with van der Waals surface area (Å²) in [6.45, 7) is 1.94. The Bertz CT molecular complexity index is 594. The molecule has 4 heteroatoms. The van der Waals surface area contributed by atoms with Gasteiger partial charge in [-0.15, -0.1) is 0 Å². The Morgan fingerprint density at radius 2 is 1.78 bits per heavy atom. The molecule has 0 bridgehead atoms. The van der Waals surface area contributed by atoms with Crippen molar-refractivity contribution in [1.29, 1.82) is 0 Å². The standard InChI is InChI=1S/C14H10Cl2O2/c1-9-2-4-14(12(16)6-9)18-13-5-3-11(15)7-10(13)8-17/h2-8H,1H3. The lowest BCUT2D eigenvalue weighted by Gasteiger charge is -2.10. The number of carbonyl (C=O) groups excluding carboxylic acids is 1. The predicted molar refractivity (Wildman–Crippen MR) is 73.1 cm³/mol. The maximum atomic E-state index is 10.9. The highest BCUT2D eigenvalue weighted by Crippen LogP contribution is 2.32. The molecule has 0 spiro atoms. The third-order valence-corrected chi connectivity index (χ3v) is 2.94. The van der Waals surface area contributed by atoms with E-state index < -0.39 is 0 Å². The van der Waals surface area contributed by atoms with E-state index in [0.29, 0.717) is 33.4 Å². The van der Waals surface area contributed by atoms with Gasteiger partial charge in [-0.1, -0.05) is 29.3 Å². The molecule has 2 rings (SSSR count). The number of hydrogen-bond acceptors (Lipinski definition) is 2. The van der Waals surface area contributed by atoms with Crippen LogP contribution in [-0.2, 0) is 0 Å². The van der Waals surface area contributed by atoms with E-state index >= 15 is 0 Å². The van der Waals surface area contributed by atoms with E-state index in [1.165, 1.54) is 0 Å². The molecule has 0 N–H and O–H groups in total. The van der Waals surface area contributed by atoms with Crippen LogP contribution in [-0.4, -0.2) is 6.29 Å². The Balaban J connectivity index is 2.36. The molecule has 2 aromatic carbocycles. The van der Waals surface area contributed by atoms with Gasteiger partial charge in [0.25, 0.3) is 0 Å². The Kier molecular flexibility index (Phi) is 3.90. The highest BCUT2D eigenvalue weighted by molar-refractivity contribution is 6.32. The van der Waals surface area contributed by atoms with Gasteiger partial charge in [0.15, 0.2) is 6.29 Å². The van der Waals surface area contributed by atoms with Crippen molar-refractivity contribution in [3.63, 3.8) is 0 Å². The second-order valence-corrected chi connectivity index (χ2v) is 4.68. The first-order valence-corrected chi connectivity index (χ1v) is 6.04. The van der Waals surface area contributed by atoms with E-state index in [1.807, 2.05) is 13.0 Å². The van der Waals surface area contributed by atoms with Crippen LogP contribution < -0.4 is 4.74 Å². The first-order valence-electron chi connectivity index (χ1n) is 5.29. The summed E-state index contributed by atoms with van der Waals surface area (Å²) < 4.78 is 5.62. The van der Waals surface area contributed by atoms with Crippen LogP contribution in [0.2, 0.25) is 10.0 Å². The van der Waals surface area contributed by atoms with Crippen LogP contribution in [0.15, 0.2) is 36.4 Å². The molecule has 0 aliphatic rings. The Morgan fingerprint density at radius 3 is 2.44 bits per heavy atom. The fraction of sp³-hybridized carbons (Fsp3) is 0.0714. The normalized spacial score (nSPS) is 10.2. The van der Waals surface area contributed by atoms with Crippen molar-refractivity contribution in [2.24, 2.45) is 0 Å². The number of hydrogen-bond donors (Lipinski definition) is 0. The highest BCUT2D eigenvalue weighted by atomic mass is 35.5. The molecule has 0 saturated carbocycles. The molecule has 0 aromatic heterocycles. The number of ether oxygens (including phenoxy) is 1. The molecule has 0 radical (unpaired) electrons. The average Bonchev–Trinajstić information content (AvgIpc) is 2.34. The van der Waals surface area contributed by atoms with Crippen molar-refractivity contribution in [1.82, 2.24) is 0 Å². The summed E-state index contributed by atoms with van der Waals surface area (Å²) in [5, 5.41) is 0.987. The highest BCUT2D eigenvalue weighted by Gasteiger charge is 2.08. The fourth-order valence-electron chi connectivity index (χ4n) is 1.51. The summed E-state index contributed by atoms with van der Waals surface area (Å²) in [5.74, 6) is 0.938.